The first-order chi connectivity index (χ1) is 20.5. The smallest absolute Gasteiger partial charge is 0.142 e. The van der Waals surface area contributed by atoms with Gasteiger partial charge in [-0.25, -0.2) is 9.97 Å². The summed E-state index contributed by atoms with van der Waals surface area (Å²) >= 11 is 14.3. The van der Waals surface area contributed by atoms with Crippen LogP contribution in [0.15, 0.2) is 55.0 Å². The van der Waals surface area contributed by atoms with Crippen LogP contribution in [-0.4, -0.2) is 69.3 Å². The zero-order chi connectivity index (χ0) is 28.6. The van der Waals surface area contributed by atoms with Crippen molar-refractivity contribution in [2.24, 2.45) is 0 Å². The molecule has 0 spiro atoms. The standard InChI is InChI=1S/C31H31Cl2N7OS/c1-38-10-12-39(13-11-38)14-15-40-17-24-26(37-40)8-7-23-28-30(34-19-35-31(28)42-29(23)24)36-22-6-9-27(25(33)16-22)41-18-20-2-4-21(32)5-3-20/h2-6,9,16-17,19H,7-8,10-15,18H2,1H3,(H,34,35,36). The number of nitrogens with one attached hydrogen (secondary N) is 1. The van der Waals surface area contributed by atoms with E-state index in [9.17, 15) is 0 Å². The molecule has 0 radical (unpaired) electrons. The zero-order valence-electron chi connectivity index (χ0n) is 23.3. The highest BCUT2D eigenvalue weighted by atomic mass is 35.5. The minimum atomic E-state index is 0.408. The SMILES string of the molecule is CN1CCN(CCn2cc3c(n2)CCc2c-3sc3ncnc(Nc4ccc(OCc5ccc(Cl)cc5)c(Cl)c4)c23)CC1. The number of aromatic nitrogens is 4. The fourth-order valence-electron chi connectivity index (χ4n) is 5.62. The normalized spacial score (nSPS) is 15.5. The number of rotatable bonds is 8. The van der Waals surface area contributed by atoms with Crippen LogP contribution in [0.3, 0.4) is 0 Å². The van der Waals surface area contributed by atoms with Crippen molar-refractivity contribution in [3.05, 3.63) is 81.9 Å². The Hall–Kier alpha value is -3.21. The van der Waals surface area contributed by atoms with Crippen LogP contribution in [0.4, 0.5) is 11.5 Å². The Morgan fingerprint density at radius 2 is 1.81 bits per heavy atom. The van der Waals surface area contributed by atoms with Gasteiger partial charge in [0.2, 0.25) is 0 Å². The Balaban J connectivity index is 1.08. The molecule has 0 amide bonds. The molecule has 2 aromatic carbocycles. The van der Waals surface area contributed by atoms with Gasteiger partial charge in [-0.15, -0.1) is 11.3 Å². The number of anilines is 2. The number of likely N-dealkylation sites (N-methyl/N-ethyl adjacent to an activating group) is 1. The van der Waals surface area contributed by atoms with E-state index in [1.807, 2.05) is 42.5 Å². The van der Waals surface area contributed by atoms with E-state index in [-0.39, 0.29) is 0 Å². The molecule has 42 heavy (non-hydrogen) atoms. The van der Waals surface area contributed by atoms with Gasteiger partial charge in [0.05, 0.1) is 22.6 Å². The lowest BCUT2D eigenvalue weighted by Crippen LogP contribution is -2.45. The summed E-state index contributed by atoms with van der Waals surface area (Å²) in [6, 6.07) is 13.3. The highest BCUT2D eigenvalue weighted by molar-refractivity contribution is 7.22. The summed E-state index contributed by atoms with van der Waals surface area (Å²) in [5.41, 5.74) is 5.56. The molecule has 0 bridgehead atoms. The second-order valence-corrected chi connectivity index (χ2v) is 12.7. The van der Waals surface area contributed by atoms with Crippen LogP contribution in [0.25, 0.3) is 20.7 Å². The molecule has 11 heteroatoms. The molecule has 1 fully saturated rings. The lowest BCUT2D eigenvalue weighted by Gasteiger charge is -2.32. The quantitative estimate of drug-likeness (QED) is 0.212. The monoisotopic (exact) mass is 619 g/mol. The van der Waals surface area contributed by atoms with Crippen molar-refractivity contribution < 1.29 is 4.74 Å². The third-order valence-electron chi connectivity index (χ3n) is 8.03. The predicted octanol–water partition coefficient (Wildman–Crippen LogP) is 6.53. The molecular formula is C31H31Cl2N7OS. The Morgan fingerprint density at radius 1 is 0.976 bits per heavy atom. The van der Waals surface area contributed by atoms with E-state index in [2.05, 4.69) is 43.0 Å². The number of piperazine rings is 1. The van der Waals surface area contributed by atoms with E-state index in [1.54, 1.807) is 17.7 Å². The second-order valence-electron chi connectivity index (χ2n) is 10.9. The van der Waals surface area contributed by atoms with Crippen molar-refractivity contribution in [3.63, 3.8) is 0 Å². The molecule has 4 heterocycles. The molecule has 1 aliphatic heterocycles. The number of aryl methyl sites for hydroxylation is 2. The number of ether oxygens (including phenoxy) is 1. The molecule has 3 aromatic heterocycles. The van der Waals surface area contributed by atoms with Gasteiger partial charge in [0.15, 0.2) is 0 Å². The van der Waals surface area contributed by atoms with Gasteiger partial charge in [-0.2, -0.15) is 5.10 Å². The Morgan fingerprint density at radius 3 is 2.62 bits per heavy atom. The van der Waals surface area contributed by atoms with E-state index < -0.39 is 0 Å². The molecule has 0 unspecified atom stereocenters. The number of nitrogens with zero attached hydrogens (tertiary/aromatic N) is 6. The van der Waals surface area contributed by atoms with Crippen molar-refractivity contribution in [1.29, 1.82) is 0 Å². The van der Waals surface area contributed by atoms with Crippen LogP contribution in [0.5, 0.6) is 5.75 Å². The number of hydrogen-bond acceptors (Lipinski definition) is 8. The fraction of sp³-hybridized carbons (Fsp3) is 0.323. The number of thiophene rings is 1. The third kappa shape index (κ3) is 5.72. The van der Waals surface area contributed by atoms with Crippen molar-refractivity contribution in [3.8, 4) is 16.2 Å². The lowest BCUT2D eigenvalue weighted by atomic mass is 9.95. The largest absolute Gasteiger partial charge is 0.487 e. The summed E-state index contributed by atoms with van der Waals surface area (Å²) in [6.07, 6.45) is 5.67. The molecule has 8 nitrogen and oxygen atoms in total. The average Bonchev–Trinajstić information content (AvgIpc) is 3.59. The van der Waals surface area contributed by atoms with Gasteiger partial charge in [-0.1, -0.05) is 35.3 Å². The van der Waals surface area contributed by atoms with E-state index in [0.717, 1.165) is 79.4 Å². The predicted molar refractivity (Wildman–Crippen MR) is 170 cm³/mol. The maximum absolute atomic E-state index is 6.61. The highest BCUT2D eigenvalue weighted by Crippen LogP contribution is 2.45. The lowest BCUT2D eigenvalue weighted by molar-refractivity contribution is 0.148. The summed E-state index contributed by atoms with van der Waals surface area (Å²) < 4.78 is 8.08. The Bertz CT molecular complexity index is 1730. The average molecular weight is 621 g/mol. The van der Waals surface area contributed by atoms with E-state index in [1.165, 1.54) is 21.7 Å². The fourth-order valence-corrected chi connectivity index (χ4v) is 7.21. The topological polar surface area (TPSA) is 71.3 Å². The van der Waals surface area contributed by atoms with Gasteiger partial charge in [-0.05, 0) is 61.3 Å². The molecule has 5 aromatic rings. The van der Waals surface area contributed by atoms with Crippen LogP contribution in [0.1, 0.15) is 16.8 Å². The molecule has 1 aliphatic carbocycles. The van der Waals surface area contributed by atoms with Gasteiger partial charge in [0.25, 0.3) is 0 Å². The van der Waals surface area contributed by atoms with Crippen LogP contribution in [-0.2, 0) is 26.0 Å². The summed E-state index contributed by atoms with van der Waals surface area (Å²) in [7, 11) is 2.19. The molecule has 1 N–H and O–H groups in total. The van der Waals surface area contributed by atoms with Gasteiger partial charge in [0, 0.05) is 60.1 Å². The van der Waals surface area contributed by atoms with E-state index in [4.69, 9.17) is 33.0 Å². The van der Waals surface area contributed by atoms with Gasteiger partial charge >= 0.3 is 0 Å². The van der Waals surface area contributed by atoms with Crippen molar-refractivity contribution in [2.75, 3.05) is 45.1 Å². The first-order valence-electron chi connectivity index (χ1n) is 14.2. The molecular weight excluding hydrogens is 589 g/mol. The number of halogens is 2. The van der Waals surface area contributed by atoms with Crippen LogP contribution >= 0.6 is 34.5 Å². The van der Waals surface area contributed by atoms with Gasteiger partial charge < -0.3 is 15.0 Å². The first-order valence-corrected chi connectivity index (χ1v) is 15.8. The summed E-state index contributed by atoms with van der Waals surface area (Å²) in [4.78, 5) is 16.4. The Kier molecular flexibility index (Phi) is 7.77. The molecule has 0 atom stereocenters. The van der Waals surface area contributed by atoms with Crippen molar-refractivity contribution >= 4 is 56.3 Å². The molecule has 1 saturated heterocycles. The number of fused-ring (bicyclic) bond motifs is 5. The second kappa shape index (κ2) is 11.8. The Labute approximate surface area is 258 Å². The zero-order valence-corrected chi connectivity index (χ0v) is 25.6. The minimum absolute atomic E-state index is 0.408. The minimum Gasteiger partial charge on any atom is -0.487 e. The molecule has 2 aliphatic rings. The van der Waals surface area contributed by atoms with Crippen LogP contribution in [0, 0.1) is 0 Å². The maximum Gasteiger partial charge on any atom is 0.142 e. The van der Waals surface area contributed by atoms with Gasteiger partial charge in [-0.3, -0.25) is 9.58 Å². The van der Waals surface area contributed by atoms with Crippen LogP contribution in [0.2, 0.25) is 10.0 Å². The summed E-state index contributed by atoms with van der Waals surface area (Å²) in [5.74, 6) is 1.41. The van der Waals surface area contributed by atoms with Crippen molar-refractivity contribution in [1.82, 2.24) is 29.5 Å². The summed E-state index contributed by atoms with van der Waals surface area (Å²) in [6.45, 7) is 6.85. The summed E-state index contributed by atoms with van der Waals surface area (Å²) in [5, 5.41) is 10.8. The van der Waals surface area contributed by atoms with Gasteiger partial charge in [0.1, 0.15) is 29.3 Å². The molecule has 216 valence electrons. The van der Waals surface area contributed by atoms with E-state index >= 15 is 0 Å². The number of benzene rings is 2. The van der Waals surface area contributed by atoms with Crippen LogP contribution < -0.4 is 10.1 Å². The number of hydrogen-bond donors (Lipinski definition) is 1. The molecule has 0 saturated carbocycles. The third-order valence-corrected chi connectivity index (χ3v) is 9.75. The van der Waals surface area contributed by atoms with Crippen molar-refractivity contribution in [2.45, 2.75) is 26.0 Å². The first kappa shape index (κ1) is 27.6. The highest BCUT2D eigenvalue weighted by Gasteiger charge is 2.26. The van der Waals surface area contributed by atoms with E-state index in [0.29, 0.717) is 22.4 Å². The molecule has 7 rings (SSSR count). The maximum atomic E-state index is 6.61.